The highest BCUT2D eigenvalue weighted by Gasteiger charge is 2.27. The number of aliphatic hydroxyl groups is 1. The van der Waals surface area contributed by atoms with Crippen molar-refractivity contribution in [2.45, 2.75) is 302 Å². The number of nitrogens with zero attached hydrogens (tertiary/aromatic N) is 1. The molecule has 0 saturated heterocycles. The van der Waals surface area contributed by atoms with Gasteiger partial charge in [0, 0.05) is 6.42 Å². The Morgan fingerprint density at radius 3 is 1.15 bits per heavy atom. The summed E-state index contributed by atoms with van der Waals surface area (Å²) in [6.45, 7) is 4.86. The van der Waals surface area contributed by atoms with E-state index in [4.69, 9.17) is 9.05 Å². The molecule has 0 fully saturated rings. The lowest BCUT2D eigenvalue weighted by Gasteiger charge is -2.25. The van der Waals surface area contributed by atoms with Gasteiger partial charge in [-0.25, -0.2) is 4.57 Å². The maximum atomic E-state index is 13.0. The molecule has 9 heteroatoms. The maximum absolute atomic E-state index is 13.0. The molecule has 1 amide bonds. The lowest BCUT2D eigenvalue weighted by Crippen LogP contribution is -2.45. The number of phosphoric ester groups is 1. The van der Waals surface area contributed by atoms with E-state index in [2.05, 4.69) is 31.3 Å². The summed E-state index contributed by atoms with van der Waals surface area (Å²) in [5.74, 6) is -0.177. The monoisotopic (exact) mass is 968 g/mol. The van der Waals surface area contributed by atoms with Crippen molar-refractivity contribution >= 4 is 13.7 Å². The lowest BCUT2D eigenvalue weighted by molar-refractivity contribution is -0.870. The number of carbonyl (C=O) groups is 1. The molecule has 0 aromatic carbocycles. The van der Waals surface area contributed by atoms with Crippen LogP contribution in [0.3, 0.4) is 0 Å². The number of nitrogens with one attached hydrogen (secondary N) is 1. The Labute approximate surface area is 417 Å². The van der Waals surface area contributed by atoms with Gasteiger partial charge in [-0.05, 0) is 44.9 Å². The van der Waals surface area contributed by atoms with Crippen molar-refractivity contribution in [2.24, 2.45) is 0 Å². The Balaban J connectivity index is 4.21. The number of carbonyl (C=O) groups excluding carboxylic acids is 1. The Hall–Kier alpha value is -1.02. The Morgan fingerprint density at radius 2 is 0.806 bits per heavy atom. The largest absolute Gasteiger partial charge is 0.472 e. The first-order valence-corrected chi connectivity index (χ1v) is 30.7. The lowest BCUT2D eigenvalue weighted by atomic mass is 10.0. The number of rotatable bonds is 54. The number of hydrogen-bond acceptors (Lipinski definition) is 5. The summed E-state index contributed by atoms with van der Waals surface area (Å²) in [7, 11) is 1.58. The second-order valence-corrected chi connectivity index (χ2v) is 22.8. The summed E-state index contributed by atoms with van der Waals surface area (Å²) in [6.07, 6.45) is 62.8. The van der Waals surface area contributed by atoms with Crippen LogP contribution in [-0.4, -0.2) is 73.4 Å². The minimum absolute atomic E-state index is 0.0623. The number of unbranched alkanes of at least 4 members (excludes halogenated alkanes) is 39. The molecule has 0 spiro atoms. The van der Waals surface area contributed by atoms with Crippen molar-refractivity contribution in [1.82, 2.24) is 5.32 Å². The quantitative estimate of drug-likeness (QED) is 0.0243. The van der Waals surface area contributed by atoms with E-state index in [0.29, 0.717) is 17.4 Å². The molecule has 0 radical (unpaired) electrons. The Bertz CT molecular complexity index is 1140. The highest BCUT2D eigenvalue weighted by atomic mass is 31.2. The Morgan fingerprint density at radius 1 is 0.493 bits per heavy atom. The predicted molar refractivity (Wildman–Crippen MR) is 291 cm³/mol. The van der Waals surface area contributed by atoms with Gasteiger partial charge in [-0.3, -0.25) is 13.8 Å². The van der Waals surface area contributed by atoms with Gasteiger partial charge in [0.2, 0.25) is 5.91 Å². The van der Waals surface area contributed by atoms with Gasteiger partial charge >= 0.3 is 7.82 Å². The summed E-state index contributed by atoms with van der Waals surface area (Å²) in [6, 6.07) is -0.847. The van der Waals surface area contributed by atoms with Crippen LogP contribution in [0, 0.1) is 0 Å². The van der Waals surface area contributed by atoms with Crippen LogP contribution in [0.4, 0.5) is 0 Å². The van der Waals surface area contributed by atoms with E-state index in [-0.39, 0.29) is 19.1 Å². The van der Waals surface area contributed by atoms with Crippen LogP contribution >= 0.6 is 7.82 Å². The van der Waals surface area contributed by atoms with Crippen LogP contribution in [-0.2, 0) is 18.4 Å². The minimum Gasteiger partial charge on any atom is -0.387 e. The molecule has 0 rings (SSSR count). The fourth-order valence-electron chi connectivity index (χ4n) is 8.80. The van der Waals surface area contributed by atoms with E-state index in [0.717, 1.165) is 38.5 Å². The predicted octanol–water partition coefficient (Wildman–Crippen LogP) is 17.6. The minimum atomic E-state index is -4.35. The summed E-state index contributed by atoms with van der Waals surface area (Å²) in [5.41, 5.74) is 0. The number of amides is 1. The van der Waals surface area contributed by atoms with Crippen LogP contribution < -0.4 is 5.32 Å². The molecule has 67 heavy (non-hydrogen) atoms. The zero-order valence-electron chi connectivity index (χ0n) is 45.4. The van der Waals surface area contributed by atoms with E-state index < -0.39 is 20.0 Å². The summed E-state index contributed by atoms with van der Waals surface area (Å²) < 4.78 is 23.7. The first-order chi connectivity index (χ1) is 32.5. The van der Waals surface area contributed by atoms with E-state index >= 15 is 0 Å². The van der Waals surface area contributed by atoms with Gasteiger partial charge in [-0.15, -0.1) is 0 Å². The van der Waals surface area contributed by atoms with E-state index in [1.807, 2.05) is 27.2 Å². The SMILES string of the molecule is CCCCCCCCCCCCCC/C=C\CCCCCCCCCC(=O)NC(COP(=O)(O)OCC[N+](C)(C)C)C(O)/C=C/CCCCCCCCCCCCCCCCCCCCCC. The van der Waals surface area contributed by atoms with Crippen molar-refractivity contribution < 1.29 is 32.9 Å². The summed E-state index contributed by atoms with van der Waals surface area (Å²) >= 11 is 0. The van der Waals surface area contributed by atoms with Gasteiger partial charge in [0.25, 0.3) is 0 Å². The molecule has 0 bridgehead atoms. The average Bonchev–Trinajstić information content (AvgIpc) is 3.29. The number of likely N-dealkylation sites (N-methyl/N-ethyl adjacent to an activating group) is 1. The molecular formula is C58H116N2O6P+. The van der Waals surface area contributed by atoms with Crippen molar-refractivity contribution in [1.29, 1.82) is 0 Å². The van der Waals surface area contributed by atoms with Gasteiger partial charge in [-0.1, -0.05) is 263 Å². The third kappa shape index (κ3) is 52.6. The van der Waals surface area contributed by atoms with E-state index in [1.54, 1.807) is 6.08 Å². The molecule has 0 aromatic heterocycles. The highest BCUT2D eigenvalue weighted by molar-refractivity contribution is 7.47. The molecule has 0 aliphatic heterocycles. The third-order valence-electron chi connectivity index (χ3n) is 13.4. The molecular weight excluding hydrogens is 852 g/mol. The van der Waals surface area contributed by atoms with Crippen LogP contribution in [0.2, 0.25) is 0 Å². The topological polar surface area (TPSA) is 105 Å². The van der Waals surface area contributed by atoms with Crippen molar-refractivity contribution in [3.05, 3.63) is 24.3 Å². The fraction of sp³-hybridized carbons (Fsp3) is 0.914. The third-order valence-corrected chi connectivity index (χ3v) is 14.4. The number of hydrogen-bond donors (Lipinski definition) is 3. The van der Waals surface area contributed by atoms with Crippen LogP contribution in [0.1, 0.15) is 290 Å². The van der Waals surface area contributed by atoms with Crippen molar-refractivity contribution in [2.75, 3.05) is 40.9 Å². The van der Waals surface area contributed by atoms with Gasteiger partial charge < -0.3 is 19.8 Å². The van der Waals surface area contributed by atoms with Gasteiger partial charge in [0.05, 0.1) is 39.9 Å². The molecule has 3 unspecified atom stereocenters. The number of aliphatic hydroxyl groups excluding tert-OH is 1. The number of quaternary nitrogens is 1. The molecule has 8 nitrogen and oxygen atoms in total. The zero-order valence-corrected chi connectivity index (χ0v) is 46.3. The molecule has 3 atom stereocenters. The smallest absolute Gasteiger partial charge is 0.387 e. The first kappa shape index (κ1) is 66.0. The van der Waals surface area contributed by atoms with Crippen molar-refractivity contribution in [3.63, 3.8) is 0 Å². The second kappa shape index (κ2) is 49.9. The van der Waals surface area contributed by atoms with Gasteiger partial charge in [0.15, 0.2) is 0 Å². The molecule has 0 saturated carbocycles. The summed E-state index contributed by atoms with van der Waals surface area (Å²) in [4.78, 5) is 23.3. The number of phosphoric acid groups is 1. The highest BCUT2D eigenvalue weighted by Crippen LogP contribution is 2.43. The van der Waals surface area contributed by atoms with Gasteiger partial charge in [0.1, 0.15) is 13.2 Å². The number of allylic oxidation sites excluding steroid dienone is 3. The molecule has 398 valence electrons. The van der Waals surface area contributed by atoms with Crippen LogP contribution in [0.25, 0.3) is 0 Å². The zero-order chi connectivity index (χ0) is 49.2. The first-order valence-electron chi connectivity index (χ1n) is 29.2. The molecule has 0 heterocycles. The normalized spacial score (nSPS) is 14.1. The van der Waals surface area contributed by atoms with Gasteiger partial charge in [-0.2, -0.15) is 0 Å². The molecule has 0 aliphatic carbocycles. The van der Waals surface area contributed by atoms with Crippen LogP contribution in [0.15, 0.2) is 24.3 Å². The standard InChI is InChI=1S/C58H115N2O6P/c1-6-8-10-12-14-16-18-20-22-24-26-28-30-32-34-36-38-40-42-44-46-48-50-52-58(62)59-56(55-66-67(63,64)65-54-53-60(3,4)5)57(61)51-49-47-45-43-41-39-37-35-33-31-29-27-25-23-21-19-17-15-13-11-9-7-2/h32,34,49,51,56-57,61H,6-31,33,35-48,50,52-55H2,1-5H3,(H-,59,62,63,64)/p+1/b34-32-,51-49+. The van der Waals surface area contributed by atoms with Crippen LogP contribution in [0.5, 0.6) is 0 Å². The van der Waals surface area contributed by atoms with E-state index in [9.17, 15) is 19.4 Å². The summed E-state index contributed by atoms with van der Waals surface area (Å²) in [5, 5.41) is 13.9. The second-order valence-electron chi connectivity index (χ2n) is 21.4. The Kier molecular flexibility index (Phi) is 49.2. The van der Waals surface area contributed by atoms with E-state index in [1.165, 1.54) is 231 Å². The molecule has 0 aromatic rings. The maximum Gasteiger partial charge on any atom is 0.472 e. The van der Waals surface area contributed by atoms with Crippen molar-refractivity contribution in [3.8, 4) is 0 Å². The molecule has 3 N–H and O–H groups in total. The average molecular weight is 969 g/mol. The fourth-order valence-corrected chi connectivity index (χ4v) is 9.54. The molecule has 0 aliphatic rings.